The third kappa shape index (κ3) is 5.11. The van der Waals surface area contributed by atoms with Crippen molar-refractivity contribution in [1.29, 1.82) is 0 Å². The van der Waals surface area contributed by atoms with E-state index in [-0.39, 0.29) is 5.57 Å². The molecule has 1 fully saturated rings. The average Bonchev–Trinajstić information content (AvgIpc) is 3.19. The maximum absolute atomic E-state index is 12.9. The smallest absolute Gasteiger partial charge is 0.331 e. The normalized spacial score (nSPS) is 17.0. The maximum Gasteiger partial charge on any atom is 0.331 e. The Balaban J connectivity index is 1.51. The van der Waals surface area contributed by atoms with Crippen molar-refractivity contribution in [3.05, 3.63) is 69.8 Å². The quantitative estimate of drug-likeness (QED) is 0.340. The van der Waals surface area contributed by atoms with Gasteiger partial charge in [0.2, 0.25) is 0 Å². The molecule has 0 aromatic heterocycles. The van der Waals surface area contributed by atoms with E-state index >= 15 is 0 Å². The van der Waals surface area contributed by atoms with Crippen molar-refractivity contribution in [1.82, 2.24) is 10.2 Å². The molecule has 1 saturated heterocycles. The van der Waals surface area contributed by atoms with Crippen LogP contribution in [0.25, 0.3) is 6.08 Å². The summed E-state index contributed by atoms with van der Waals surface area (Å²) in [6.45, 7) is 4.02. The number of rotatable bonds is 8. The fraction of sp³-hybridized carbons (Fsp3) is 0.346. The van der Waals surface area contributed by atoms with Crippen LogP contribution in [0, 0.1) is 0 Å². The number of halogens is 1. The molecule has 0 radical (unpaired) electrons. The highest BCUT2D eigenvalue weighted by Crippen LogP contribution is 2.32. The van der Waals surface area contributed by atoms with Crippen LogP contribution >= 0.6 is 11.6 Å². The minimum absolute atomic E-state index is 0.00374. The molecule has 0 bridgehead atoms. The lowest BCUT2D eigenvalue weighted by atomic mass is 10.0. The standard InChI is InChI=1S/C26H28ClN3O3/c1-2-3-4-7-13-30-25(32)21(24(31)28-26(30)33)16-18-10-11-23-19(15-18)12-14-29(23)17-20-8-5-6-9-22(20)27/h5-6,8-11,15-16H,2-4,7,12-14,17H2,1H3,(H,28,31,33)/b21-16+. The summed E-state index contributed by atoms with van der Waals surface area (Å²) < 4.78 is 0. The second-order valence-electron chi connectivity index (χ2n) is 8.49. The van der Waals surface area contributed by atoms with Gasteiger partial charge >= 0.3 is 6.03 Å². The van der Waals surface area contributed by atoms with Crippen LogP contribution in [0.3, 0.4) is 0 Å². The SMILES string of the molecule is CCCCCCN1C(=O)NC(=O)/C(=C\c2ccc3c(c2)CCN3Cc2ccccc2Cl)C1=O. The second kappa shape index (κ2) is 10.2. The largest absolute Gasteiger partial charge is 0.367 e. The topological polar surface area (TPSA) is 69.7 Å². The number of carbonyl (C=O) groups excluding carboxylic acids is 3. The predicted molar refractivity (Wildman–Crippen MR) is 130 cm³/mol. The average molecular weight is 466 g/mol. The molecule has 172 valence electrons. The monoisotopic (exact) mass is 465 g/mol. The van der Waals surface area contributed by atoms with Crippen molar-refractivity contribution >= 4 is 41.2 Å². The molecule has 1 N–H and O–H groups in total. The van der Waals surface area contributed by atoms with Crippen LogP contribution in [0.5, 0.6) is 0 Å². The molecule has 2 heterocycles. The van der Waals surface area contributed by atoms with E-state index in [1.54, 1.807) is 6.08 Å². The lowest BCUT2D eigenvalue weighted by molar-refractivity contribution is -0.130. The molecule has 0 spiro atoms. The molecule has 4 rings (SSSR count). The second-order valence-corrected chi connectivity index (χ2v) is 8.89. The van der Waals surface area contributed by atoms with Crippen LogP contribution in [0.15, 0.2) is 48.0 Å². The fourth-order valence-corrected chi connectivity index (χ4v) is 4.53. The Morgan fingerprint density at radius 3 is 2.67 bits per heavy atom. The van der Waals surface area contributed by atoms with Gasteiger partial charge in [-0.2, -0.15) is 0 Å². The number of anilines is 1. The zero-order valence-electron chi connectivity index (χ0n) is 18.8. The van der Waals surface area contributed by atoms with Crippen LogP contribution in [-0.2, 0) is 22.6 Å². The molecule has 2 aliphatic rings. The van der Waals surface area contributed by atoms with Crippen molar-refractivity contribution < 1.29 is 14.4 Å². The molecule has 4 amide bonds. The first-order valence-corrected chi connectivity index (χ1v) is 11.9. The third-order valence-electron chi connectivity index (χ3n) is 6.15. The molecule has 0 unspecified atom stereocenters. The molecule has 0 atom stereocenters. The lowest BCUT2D eigenvalue weighted by Gasteiger charge is -2.26. The first-order chi connectivity index (χ1) is 16.0. The van der Waals surface area contributed by atoms with Crippen molar-refractivity contribution in [3.63, 3.8) is 0 Å². The Hall–Kier alpha value is -3.12. The number of unbranched alkanes of at least 4 members (excludes halogenated alkanes) is 3. The number of benzene rings is 2. The van der Waals surface area contributed by atoms with E-state index in [1.807, 2.05) is 42.5 Å². The van der Waals surface area contributed by atoms with Gasteiger partial charge in [0.05, 0.1) is 0 Å². The molecule has 33 heavy (non-hydrogen) atoms. The van der Waals surface area contributed by atoms with Crippen LogP contribution in [-0.4, -0.2) is 35.8 Å². The fourth-order valence-electron chi connectivity index (χ4n) is 4.34. The summed E-state index contributed by atoms with van der Waals surface area (Å²) in [6, 6.07) is 13.1. The summed E-state index contributed by atoms with van der Waals surface area (Å²) in [5.74, 6) is -1.17. The van der Waals surface area contributed by atoms with Crippen LogP contribution in [0.4, 0.5) is 10.5 Å². The summed E-state index contributed by atoms with van der Waals surface area (Å²) in [4.78, 5) is 40.9. The van der Waals surface area contributed by atoms with E-state index in [4.69, 9.17) is 11.6 Å². The first kappa shape index (κ1) is 23.1. The minimum atomic E-state index is -0.643. The highest BCUT2D eigenvalue weighted by atomic mass is 35.5. The Morgan fingerprint density at radius 1 is 1.06 bits per heavy atom. The van der Waals surface area contributed by atoms with Crippen molar-refractivity contribution in [2.45, 2.75) is 45.6 Å². The molecule has 6 nitrogen and oxygen atoms in total. The number of hydrogen-bond donors (Lipinski definition) is 1. The molecule has 0 aliphatic carbocycles. The first-order valence-electron chi connectivity index (χ1n) is 11.5. The third-order valence-corrected chi connectivity index (χ3v) is 6.52. The molecule has 2 aliphatic heterocycles. The minimum Gasteiger partial charge on any atom is -0.367 e. The van der Waals surface area contributed by atoms with Crippen molar-refractivity contribution in [3.8, 4) is 0 Å². The Labute approximate surface area is 199 Å². The molecule has 0 saturated carbocycles. The van der Waals surface area contributed by atoms with Gasteiger partial charge in [0.1, 0.15) is 5.57 Å². The molecular weight excluding hydrogens is 438 g/mol. The predicted octanol–water partition coefficient (Wildman–Crippen LogP) is 4.94. The van der Waals surface area contributed by atoms with Crippen LogP contribution in [0.1, 0.15) is 49.3 Å². The zero-order chi connectivity index (χ0) is 23.4. The highest BCUT2D eigenvalue weighted by molar-refractivity contribution is 6.31. The van der Waals surface area contributed by atoms with Gasteiger partial charge in [-0.15, -0.1) is 0 Å². The van der Waals surface area contributed by atoms with Crippen LogP contribution in [0.2, 0.25) is 5.02 Å². The van der Waals surface area contributed by atoms with E-state index in [0.29, 0.717) is 6.54 Å². The van der Waals surface area contributed by atoms with E-state index in [1.165, 1.54) is 0 Å². The number of carbonyl (C=O) groups is 3. The van der Waals surface area contributed by atoms with Gasteiger partial charge in [-0.1, -0.05) is 62.1 Å². The van der Waals surface area contributed by atoms with Crippen LogP contribution < -0.4 is 10.2 Å². The highest BCUT2D eigenvalue weighted by Gasteiger charge is 2.35. The number of barbiturate groups is 1. The number of imide groups is 2. The van der Waals surface area contributed by atoms with E-state index in [9.17, 15) is 14.4 Å². The Kier molecular flexibility index (Phi) is 7.14. The van der Waals surface area contributed by atoms with Gasteiger partial charge in [0.15, 0.2) is 0 Å². The number of amides is 4. The molecule has 2 aromatic rings. The number of nitrogens with one attached hydrogen (secondary N) is 1. The van der Waals surface area contributed by atoms with Gasteiger partial charge < -0.3 is 4.90 Å². The van der Waals surface area contributed by atoms with E-state index < -0.39 is 17.8 Å². The van der Waals surface area contributed by atoms with Gasteiger partial charge in [-0.05, 0) is 53.8 Å². The molecule has 7 heteroatoms. The van der Waals surface area contributed by atoms with E-state index in [2.05, 4.69) is 17.1 Å². The Morgan fingerprint density at radius 2 is 1.88 bits per heavy atom. The van der Waals surface area contributed by atoms with E-state index in [0.717, 1.165) is 77.5 Å². The lowest BCUT2D eigenvalue weighted by Crippen LogP contribution is -2.54. The zero-order valence-corrected chi connectivity index (χ0v) is 19.5. The number of fused-ring (bicyclic) bond motifs is 1. The van der Waals surface area contributed by atoms with Gasteiger partial charge in [-0.3, -0.25) is 19.8 Å². The Bertz CT molecular complexity index is 1110. The summed E-state index contributed by atoms with van der Waals surface area (Å²) in [6.07, 6.45) is 6.25. The van der Waals surface area contributed by atoms with Gasteiger partial charge in [-0.25, -0.2) is 4.79 Å². The van der Waals surface area contributed by atoms with Crippen molar-refractivity contribution in [2.24, 2.45) is 0 Å². The summed E-state index contributed by atoms with van der Waals surface area (Å²) in [7, 11) is 0. The summed E-state index contributed by atoms with van der Waals surface area (Å²) >= 11 is 6.33. The van der Waals surface area contributed by atoms with Crippen molar-refractivity contribution in [2.75, 3.05) is 18.0 Å². The van der Waals surface area contributed by atoms with Gasteiger partial charge in [0.25, 0.3) is 11.8 Å². The number of urea groups is 1. The molecular formula is C26H28ClN3O3. The molecule has 2 aromatic carbocycles. The summed E-state index contributed by atoms with van der Waals surface area (Å²) in [5.41, 5.74) is 4.13. The number of hydrogen-bond acceptors (Lipinski definition) is 4. The number of nitrogens with zero attached hydrogens (tertiary/aromatic N) is 2. The summed E-state index contributed by atoms with van der Waals surface area (Å²) in [5, 5.41) is 3.05. The maximum atomic E-state index is 12.9. The van der Waals surface area contributed by atoms with Gasteiger partial charge in [0, 0.05) is 30.3 Å².